The summed E-state index contributed by atoms with van der Waals surface area (Å²) in [5, 5.41) is 9.29. The third kappa shape index (κ3) is 4.14. The highest BCUT2D eigenvalue weighted by atomic mass is 16.5. The van der Waals surface area contributed by atoms with E-state index in [9.17, 15) is 14.7 Å². The summed E-state index contributed by atoms with van der Waals surface area (Å²) in [6.07, 6.45) is -0.629. The standard InChI is InChI=1S/C20H22N2O4/c1-15(26-18-9-7-17(23)8-10-18)19(24)21-11-13-22(14-12-21)20(25)16-5-3-2-4-6-16/h2-10,15,23H,11-14H2,1H3. The van der Waals surface area contributed by atoms with Crippen LogP contribution in [0.1, 0.15) is 17.3 Å². The number of aromatic hydroxyl groups is 1. The fourth-order valence-electron chi connectivity index (χ4n) is 2.93. The number of phenolic OH excluding ortho intramolecular Hbond substituents is 1. The summed E-state index contributed by atoms with van der Waals surface area (Å²) < 4.78 is 5.65. The molecule has 1 fully saturated rings. The van der Waals surface area contributed by atoms with Gasteiger partial charge in [0.2, 0.25) is 0 Å². The molecule has 1 N–H and O–H groups in total. The van der Waals surface area contributed by atoms with Gasteiger partial charge in [0.25, 0.3) is 11.8 Å². The van der Waals surface area contributed by atoms with Crippen LogP contribution in [-0.2, 0) is 4.79 Å². The summed E-state index contributed by atoms with van der Waals surface area (Å²) in [7, 11) is 0. The van der Waals surface area contributed by atoms with Crippen molar-refractivity contribution in [2.24, 2.45) is 0 Å². The van der Waals surface area contributed by atoms with Crippen molar-refractivity contribution in [2.45, 2.75) is 13.0 Å². The second kappa shape index (κ2) is 7.91. The zero-order chi connectivity index (χ0) is 18.5. The average Bonchev–Trinajstić information content (AvgIpc) is 2.69. The van der Waals surface area contributed by atoms with Crippen molar-refractivity contribution in [3.05, 3.63) is 60.2 Å². The lowest BCUT2D eigenvalue weighted by atomic mass is 10.2. The summed E-state index contributed by atoms with van der Waals surface area (Å²) in [6.45, 7) is 3.69. The van der Waals surface area contributed by atoms with Gasteiger partial charge in [-0.05, 0) is 43.3 Å². The van der Waals surface area contributed by atoms with Crippen LogP contribution in [0.15, 0.2) is 54.6 Å². The summed E-state index contributed by atoms with van der Waals surface area (Å²) in [5.74, 6) is 0.563. The predicted octanol–water partition coefficient (Wildman–Crippen LogP) is 2.14. The monoisotopic (exact) mass is 354 g/mol. The maximum Gasteiger partial charge on any atom is 0.263 e. The number of benzene rings is 2. The molecule has 0 spiro atoms. The number of carbonyl (C=O) groups is 2. The second-order valence-corrected chi connectivity index (χ2v) is 6.24. The third-order valence-electron chi connectivity index (χ3n) is 4.40. The first kappa shape index (κ1) is 17.8. The van der Waals surface area contributed by atoms with Crippen molar-refractivity contribution in [2.75, 3.05) is 26.2 Å². The van der Waals surface area contributed by atoms with Gasteiger partial charge >= 0.3 is 0 Å². The number of piperazine rings is 1. The molecule has 136 valence electrons. The average molecular weight is 354 g/mol. The molecule has 1 aliphatic heterocycles. The van der Waals surface area contributed by atoms with Crippen LogP contribution in [0.4, 0.5) is 0 Å². The van der Waals surface area contributed by atoms with Gasteiger partial charge in [-0.15, -0.1) is 0 Å². The van der Waals surface area contributed by atoms with E-state index in [1.807, 2.05) is 18.2 Å². The Kier molecular flexibility index (Phi) is 5.41. The lowest BCUT2D eigenvalue weighted by molar-refractivity contribution is -0.139. The van der Waals surface area contributed by atoms with Gasteiger partial charge in [0, 0.05) is 31.7 Å². The topological polar surface area (TPSA) is 70.1 Å². The first-order valence-electron chi connectivity index (χ1n) is 8.63. The first-order valence-corrected chi connectivity index (χ1v) is 8.63. The number of nitrogens with zero attached hydrogens (tertiary/aromatic N) is 2. The van der Waals surface area contributed by atoms with Crippen molar-refractivity contribution >= 4 is 11.8 Å². The zero-order valence-corrected chi connectivity index (χ0v) is 14.7. The minimum atomic E-state index is -0.629. The number of carbonyl (C=O) groups excluding carboxylic acids is 2. The van der Waals surface area contributed by atoms with Crippen LogP contribution in [0.25, 0.3) is 0 Å². The number of rotatable bonds is 4. The molecule has 2 aromatic rings. The Morgan fingerprint density at radius 1 is 0.923 bits per heavy atom. The fourth-order valence-corrected chi connectivity index (χ4v) is 2.93. The van der Waals surface area contributed by atoms with Gasteiger partial charge in [-0.3, -0.25) is 9.59 Å². The van der Waals surface area contributed by atoms with E-state index in [1.54, 1.807) is 41.0 Å². The van der Waals surface area contributed by atoms with Gasteiger partial charge in [0.05, 0.1) is 0 Å². The Bertz CT molecular complexity index is 753. The molecule has 1 atom stereocenters. The predicted molar refractivity (Wildman–Crippen MR) is 97.1 cm³/mol. The van der Waals surface area contributed by atoms with E-state index in [0.29, 0.717) is 37.5 Å². The summed E-state index contributed by atoms with van der Waals surface area (Å²) in [4.78, 5) is 28.5. The zero-order valence-electron chi connectivity index (χ0n) is 14.7. The number of hydrogen-bond acceptors (Lipinski definition) is 4. The summed E-state index contributed by atoms with van der Waals surface area (Å²) >= 11 is 0. The maximum absolute atomic E-state index is 12.6. The molecule has 0 aromatic heterocycles. The fraction of sp³-hybridized carbons (Fsp3) is 0.300. The molecule has 0 bridgehead atoms. The van der Waals surface area contributed by atoms with E-state index >= 15 is 0 Å². The number of hydrogen-bond donors (Lipinski definition) is 1. The van der Waals surface area contributed by atoms with Crippen molar-refractivity contribution in [1.29, 1.82) is 0 Å². The number of ether oxygens (including phenoxy) is 1. The minimum absolute atomic E-state index is 0.00825. The van der Waals surface area contributed by atoms with Crippen molar-refractivity contribution in [3.63, 3.8) is 0 Å². The Morgan fingerprint density at radius 3 is 2.12 bits per heavy atom. The van der Waals surface area contributed by atoms with Crippen LogP contribution in [0.3, 0.4) is 0 Å². The highest BCUT2D eigenvalue weighted by Crippen LogP contribution is 2.18. The SMILES string of the molecule is CC(Oc1ccc(O)cc1)C(=O)N1CCN(C(=O)c2ccccc2)CC1. The van der Waals surface area contributed by atoms with Gasteiger partial charge < -0.3 is 19.6 Å². The van der Waals surface area contributed by atoms with Crippen LogP contribution in [-0.4, -0.2) is 59.0 Å². The van der Waals surface area contributed by atoms with Crippen molar-refractivity contribution in [3.8, 4) is 11.5 Å². The van der Waals surface area contributed by atoms with E-state index in [4.69, 9.17) is 4.74 Å². The Morgan fingerprint density at radius 2 is 1.50 bits per heavy atom. The molecular formula is C20H22N2O4. The molecular weight excluding hydrogens is 332 g/mol. The molecule has 6 nitrogen and oxygen atoms in total. The van der Waals surface area contributed by atoms with Crippen LogP contribution in [0.5, 0.6) is 11.5 Å². The van der Waals surface area contributed by atoms with Gasteiger partial charge in [-0.25, -0.2) is 0 Å². The van der Waals surface area contributed by atoms with Gasteiger partial charge in [0.15, 0.2) is 6.10 Å². The lowest BCUT2D eigenvalue weighted by Crippen LogP contribution is -2.53. The van der Waals surface area contributed by atoms with E-state index in [-0.39, 0.29) is 17.6 Å². The molecule has 1 aliphatic rings. The quantitative estimate of drug-likeness (QED) is 0.913. The maximum atomic E-state index is 12.6. The molecule has 26 heavy (non-hydrogen) atoms. The summed E-state index contributed by atoms with van der Waals surface area (Å²) in [6, 6.07) is 15.4. The molecule has 2 amide bonds. The van der Waals surface area contributed by atoms with Gasteiger partial charge in [-0.1, -0.05) is 18.2 Å². The van der Waals surface area contributed by atoms with E-state index in [1.165, 1.54) is 12.1 Å². The van der Waals surface area contributed by atoms with Gasteiger partial charge in [0.1, 0.15) is 11.5 Å². The number of phenols is 1. The van der Waals surface area contributed by atoms with E-state index in [2.05, 4.69) is 0 Å². The highest BCUT2D eigenvalue weighted by molar-refractivity contribution is 5.94. The lowest BCUT2D eigenvalue weighted by Gasteiger charge is -2.36. The normalized spacial score (nSPS) is 15.4. The Labute approximate surface area is 152 Å². The van der Waals surface area contributed by atoms with Gasteiger partial charge in [-0.2, -0.15) is 0 Å². The van der Waals surface area contributed by atoms with Crippen LogP contribution >= 0.6 is 0 Å². The molecule has 0 aliphatic carbocycles. The highest BCUT2D eigenvalue weighted by Gasteiger charge is 2.28. The molecule has 6 heteroatoms. The molecule has 1 unspecified atom stereocenters. The molecule has 3 rings (SSSR count). The summed E-state index contributed by atoms with van der Waals surface area (Å²) in [5.41, 5.74) is 0.663. The number of amides is 2. The van der Waals surface area contributed by atoms with Crippen LogP contribution < -0.4 is 4.74 Å². The largest absolute Gasteiger partial charge is 0.508 e. The molecule has 1 saturated heterocycles. The molecule has 0 saturated carbocycles. The van der Waals surface area contributed by atoms with Crippen LogP contribution in [0.2, 0.25) is 0 Å². The molecule has 1 heterocycles. The van der Waals surface area contributed by atoms with Crippen molar-refractivity contribution < 1.29 is 19.4 Å². The molecule has 0 radical (unpaired) electrons. The third-order valence-corrected chi connectivity index (χ3v) is 4.40. The van der Waals surface area contributed by atoms with E-state index < -0.39 is 6.10 Å². The van der Waals surface area contributed by atoms with Crippen molar-refractivity contribution in [1.82, 2.24) is 9.80 Å². The smallest absolute Gasteiger partial charge is 0.263 e. The van der Waals surface area contributed by atoms with E-state index in [0.717, 1.165) is 0 Å². The van der Waals surface area contributed by atoms with Crippen LogP contribution in [0, 0.1) is 0 Å². The molecule has 2 aromatic carbocycles. The Balaban J connectivity index is 1.53. The first-order chi connectivity index (χ1) is 12.5. The minimum Gasteiger partial charge on any atom is -0.508 e. The second-order valence-electron chi connectivity index (χ2n) is 6.24. The Hall–Kier alpha value is -3.02.